The molecular formula is C11H16N6O. The Bertz CT molecular complexity index is 498. The van der Waals surface area contributed by atoms with E-state index < -0.39 is 0 Å². The van der Waals surface area contributed by atoms with Gasteiger partial charge in [-0.2, -0.15) is 10.1 Å². The first-order valence-electron chi connectivity index (χ1n) is 5.82. The molecule has 0 atom stereocenters. The molecule has 1 N–H and O–H groups in total. The lowest BCUT2D eigenvalue weighted by atomic mass is 10.5. The van der Waals surface area contributed by atoms with Crippen LogP contribution in [-0.2, 0) is 13.6 Å². The molecule has 0 aliphatic rings. The molecule has 0 aliphatic carbocycles. The Kier molecular flexibility index (Phi) is 4.06. The summed E-state index contributed by atoms with van der Waals surface area (Å²) in [5.41, 5.74) is 0. The van der Waals surface area contributed by atoms with Gasteiger partial charge in [0.2, 0.25) is 11.8 Å². The third-order valence-corrected chi connectivity index (χ3v) is 2.14. The first kappa shape index (κ1) is 12.3. The van der Waals surface area contributed by atoms with E-state index in [0.29, 0.717) is 30.8 Å². The van der Waals surface area contributed by atoms with Gasteiger partial charge in [0.25, 0.3) is 0 Å². The molecule has 0 radical (unpaired) electrons. The van der Waals surface area contributed by atoms with Crippen LogP contribution in [0.2, 0.25) is 0 Å². The van der Waals surface area contributed by atoms with Gasteiger partial charge >= 0.3 is 0 Å². The summed E-state index contributed by atoms with van der Waals surface area (Å²) in [5, 5.41) is 7.20. The number of hydrogen-bond acceptors (Lipinski definition) is 6. The molecule has 2 aromatic heterocycles. The zero-order valence-corrected chi connectivity index (χ0v) is 10.5. The molecule has 2 aromatic rings. The van der Waals surface area contributed by atoms with Gasteiger partial charge in [-0.25, -0.2) is 9.97 Å². The second-order valence-corrected chi connectivity index (χ2v) is 3.75. The average molecular weight is 248 g/mol. The first-order chi connectivity index (χ1) is 8.78. The van der Waals surface area contributed by atoms with E-state index in [0.717, 1.165) is 6.42 Å². The van der Waals surface area contributed by atoms with Crippen LogP contribution in [0.3, 0.4) is 0 Å². The van der Waals surface area contributed by atoms with Crippen LogP contribution in [0.25, 0.3) is 0 Å². The Morgan fingerprint density at radius 2 is 2.28 bits per heavy atom. The van der Waals surface area contributed by atoms with Crippen molar-refractivity contribution in [1.82, 2.24) is 24.7 Å². The molecule has 96 valence electrons. The number of aromatic nitrogens is 5. The summed E-state index contributed by atoms with van der Waals surface area (Å²) >= 11 is 0. The zero-order chi connectivity index (χ0) is 12.8. The molecular weight excluding hydrogens is 232 g/mol. The van der Waals surface area contributed by atoms with Gasteiger partial charge in [0.15, 0.2) is 5.82 Å². The van der Waals surface area contributed by atoms with Crippen LogP contribution in [0, 0.1) is 0 Å². The third-order valence-electron chi connectivity index (χ3n) is 2.14. The number of nitrogens with one attached hydrogen (secondary N) is 1. The molecule has 0 fully saturated rings. The van der Waals surface area contributed by atoms with Gasteiger partial charge in [0.05, 0.1) is 13.2 Å². The Hall–Kier alpha value is -2.18. The normalized spacial score (nSPS) is 10.3. The van der Waals surface area contributed by atoms with Gasteiger partial charge in [0.1, 0.15) is 6.33 Å². The smallest absolute Gasteiger partial charge is 0.226 e. The maximum Gasteiger partial charge on any atom is 0.226 e. The van der Waals surface area contributed by atoms with Gasteiger partial charge in [-0.3, -0.25) is 4.68 Å². The first-order valence-corrected chi connectivity index (χ1v) is 5.82. The summed E-state index contributed by atoms with van der Waals surface area (Å²) in [5.74, 6) is 1.78. The lowest BCUT2D eigenvalue weighted by Crippen LogP contribution is -2.06. The minimum absolute atomic E-state index is 0.484. The van der Waals surface area contributed by atoms with Crippen LogP contribution >= 0.6 is 0 Å². The largest absolute Gasteiger partial charge is 0.478 e. The van der Waals surface area contributed by atoms with Crippen LogP contribution in [-0.4, -0.2) is 31.3 Å². The van der Waals surface area contributed by atoms with Crippen molar-refractivity contribution in [2.45, 2.75) is 19.9 Å². The van der Waals surface area contributed by atoms with Crippen LogP contribution < -0.4 is 10.1 Å². The molecule has 0 aromatic carbocycles. The van der Waals surface area contributed by atoms with E-state index in [4.69, 9.17) is 4.74 Å². The zero-order valence-electron chi connectivity index (χ0n) is 10.5. The van der Waals surface area contributed by atoms with Crippen molar-refractivity contribution in [3.8, 4) is 5.88 Å². The summed E-state index contributed by atoms with van der Waals surface area (Å²) in [7, 11) is 1.83. The predicted molar refractivity (Wildman–Crippen MR) is 66.1 cm³/mol. The minimum Gasteiger partial charge on any atom is -0.478 e. The summed E-state index contributed by atoms with van der Waals surface area (Å²) in [6.07, 6.45) is 4.26. The Morgan fingerprint density at radius 1 is 1.39 bits per heavy atom. The molecule has 0 bridgehead atoms. The van der Waals surface area contributed by atoms with Crippen molar-refractivity contribution in [3.63, 3.8) is 0 Å². The molecule has 0 spiro atoms. The average Bonchev–Trinajstić information content (AvgIpc) is 2.80. The molecule has 0 saturated carbocycles. The topological polar surface area (TPSA) is 77.8 Å². The SMILES string of the molecule is CCCOc1ccnc(NCc2ncn(C)n2)n1. The number of hydrogen-bond donors (Lipinski definition) is 1. The number of nitrogens with zero attached hydrogens (tertiary/aromatic N) is 5. The molecule has 2 heterocycles. The fraction of sp³-hybridized carbons (Fsp3) is 0.455. The standard InChI is InChI=1S/C11H16N6O/c1-3-6-18-10-4-5-12-11(15-10)13-7-9-14-8-17(2)16-9/h4-5,8H,3,6-7H2,1-2H3,(H,12,13,15). The minimum atomic E-state index is 0.484. The molecule has 18 heavy (non-hydrogen) atoms. The van der Waals surface area contributed by atoms with Gasteiger partial charge in [-0.05, 0) is 6.42 Å². The third kappa shape index (κ3) is 3.41. The second kappa shape index (κ2) is 5.95. The summed E-state index contributed by atoms with van der Waals surface area (Å²) in [6, 6.07) is 1.74. The maximum atomic E-state index is 5.43. The quantitative estimate of drug-likeness (QED) is 0.822. The van der Waals surface area contributed by atoms with E-state index in [1.165, 1.54) is 0 Å². The van der Waals surface area contributed by atoms with Gasteiger partial charge in [-0.1, -0.05) is 6.92 Å². The Balaban J connectivity index is 1.92. The van der Waals surface area contributed by atoms with E-state index in [2.05, 4.69) is 25.4 Å². The predicted octanol–water partition coefficient (Wildman–Crippen LogP) is 1.01. The van der Waals surface area contributed by atoms with Gasteiger partial charge in [-0.15, -0.1) is 0 Å². The fourth-order valence-electron chi connectivity index (χ4n) is 1.34. The van der Waals surface area contributed by atoms with E-state index >= 15 is 0 Å². The van der Waals surface area contributed by atoms with Gasteiger partial charge in [0, 0.05) is 19.3 Å². The molecule has 7 heteroatoms. The molecule has 0 saturated heterocycles. The van der Waals surface area contributed by atoms with Crippen LogP contribution in [0.4, 0.5) is 5.95 Å². The molecule has 7 nitrogen and oxygen atoms in total. The number of rotatable bonds is 6. The van der Waals surface area contributed by atoms with E-state index in [-0.39, 0.29) is 0 Å². The fourth-order valence-corrected chi connectivity index (χ4v) is 1.34. The maximum absolute atomic E-state index is 5.43. The Labute approximate surface area is 105 Å². The number of ether oxygens (including phenoxy) is 1. The number of aryl methyl sites for hydroxylation is 1. The van der Waals surface area contributed by atoms with E-state index in [1.807, 2.05) is 14.0 Å². The highest BCUT2D eigenvalue weighted by Crippen LogP contribution is 2.09. The molecule has 0 aliphatic heterocycles. The highest BCUT2D eigenvalue weighted by Gasteiger charge is 2.02. The van der Waals surface area contributed by atoms with Crippen LogP contribution in [0.1, 0.15) is 19.2 Å². The van der Waals surface area contributed by atoms with Crippen molar-refractivity contribution in [2.24, 2.45) is 7.05 Å². The van der Waals surface area contributed by atoms with Crippen molar-refractivity contribution in [3.05, 3.63) is 24.4 Å². The van der Waals surface area contributed by atoms with E-state index in [9.17, 15) is 0 Å². The van der Waals surface area contributed by atoms with Crippen LogP contribution in [0.5, 0.6) is 5.88 Å². The highest BCUT2D eigenvalue weighted by atomic mass is 16.5. The van der Waals surface area contributed by atoms with Crippen molar-refractivity contribution < 1.29 is 4.74 Å². The monoisotopic (exact) mass is 248 g/mol. The molecule has 2 rings (SSSR count). The van der Waals surface area contributed by atoms with Crippen molar-refractivity contribution >= 4 is 5.95 Å². The molecule has 0 amide bonds. The van der Waals surface area contributed by atoms with E-state index in [1.54, 1.807) is 23.3 Å². The lowest BCUT2D eigenvalue weighted by molar-refractivity contribution is 0.305. The summed E-state index contributed by atoms with van der Waals surface area (Å²) in [6.45, 7) is 3.18. The van der Waals surface area contributed by atoms with Crippen LogP contribution in [0.15, 0.2) is 18.6 Å². The lowest BCUT2D eigenvalue weighted by Gasteiger charge is -2.05. The van der Waals surface area contributed by atoms with Crippen molar-refractivity contribution in [1.29, 1.82) is 0 Å². The van der Waals surface area contributed by atoms with Crippen molar-refractivity contribution in [2.75, 3.05) is 11.9 Å². The Morgan fingerprint density at radius 3 is 3.00 bits per heavy atom. The molecule has 0 unspecified atom stereocenters. The highest BCUT2D eigenvalue weighted by molar-refractivity contribution is 5.27. The van der Waals surface area contributed by atoms with Gasteiger partial charge < -0.3 is 10.1 Å². The summed E-state index contributed by atoms with van der Waals surface area (Å²) in [4.78, 5) is 12.4. The summed E-state index contributed by atoms with van der Waals surface area (Å²) < 4.78 is 7.08. The number of anilines is 1. The second-order valence-electron chi connectivity index (χ2n) is 3.75.